The molecule has 0 spiro atoms. The van der Waals surface area contributed by atoms with Crippen LogP contribution in [0, 0.1) is 0 Å². The van der Waals surface area contributed by atoms with Crippen LogP contribution in [0.4, 0.5) is 8.78 Å². The van der Waals surface area contributed by atoms with E-state index in [2.05, 4.69) is 10.2 Å². The fourth-order valence-electron chi connectivity index (χ4n) is 2.84. The zero-order valence-electron chi connectivity index (χ0n) is 11.1. The van der Waals surface area contributed by atoms with E-state index in [1.165, 1.54) is 0 Å². The van der Waals surface area contributed by atoms with Gasteiger partial charge in [0.25, 0.3) is 5.92 Å². The van der Waals surface area contributed by atoms with Gasteiger partial charge in [-0.1, -0.05) is 0 Å². The van der Waals surface area contributed by atoms with E-state index in [0.717, 1.165) is 58.7 Å². The molecule has 2 saturated heterocycles. The van der Waals surface area contributed by atoms with Crippen molar-refractivity contribution < 1.29 is 8.78 Å². The highest BCUT2D eigenvalue weighted by Gasteiger charge is 2.34. The molecule has 3 nitrogen and oxygen atoms in total. The summed E-state index contributed by atoms with van der Waals surface area (Å²) in [6.45, 7) is 7.19. The van der Waals surface area contributed by atoms with E-state index in [1.807, 2.05) is 4.90 Å². The molecular formula is C13H25F2N3. The average molecular weight is 261 g/mol. The highest BCUT2D eigenvalue weighted by atomic mass is 19.3. The molecule has 0 aliphatic carbocycles. The fourth-order valence-corrected chi connectivity index (χ4v) is 2.84. The highest BCUT2D eigenvalue weighted by Crippen LogP contribution is 2.26. The van der Waals surface area contributed by atoms with Crippen LogP contribution >= 0.6 is 0 Å². The molecule has 106 valence electrons. The predicted octanol–water partition coefficient (Wildman–Crippen LogP) is 1.40. The maximum absolute atomic E-state index is 13.2. The third kappa shape index (κ3) is 4.78. The molecule has 2 aliphatic heterocycles. The lowest BCUT2D eigenvalue weighted by molar-refractivity contribution is -0.0641. The number of hydrogen-bond donors (Lipinski definition) is 1. The topological polar surface area (TPSA) is 18.5 Å². The lowest BCUT2D eigenvalue weighted by atomic mass is 10.1. The standard InChI is InChI=1S/C13H25F2N3/c14-13(15)4-3-9-18(12-13)8-2-1-7-17-10-5-16-6-11-17/h16H,1-12H2. The summed E-state index contributed by atoms with van der Waals surface area (Å²) < 4.78 is 26.4. The molecule has 18 heavy (non-hydrogen) atoms. The number of alkyl halides is 2. The number of halogens is 2. The summed E-state index contributed by atoms with van der Waals surface area (Å²) >= 11 is 0. The first kappa shape index (κ1) is 14.2. The largest absolute Gasteiger partial charge is 0.314 e. The summed E-state index contributed by atoms with van der Waals surface area (Å²) in [6, 6.07) is 0. The van der Waals surface area contributed by atoms with E-state index in [4.69, 9.17) is 0 Å². The van der Waals surface area contributed by atoms with E-state index < -0.39 is 5.92 Å². The van der Waals surface area contributed by atoms with Gasteiger partial charge in [0.05, 0.1) is 6.54 Å². The van der Waals surface area contributed by atoms with Crippen LogP contribution in [0.25, 0.3) is 0 Å². The Morgan fingerprint density at radius 1 is 0.944 bits per heavy atom. The smallest absolute Gasteiger partial charge is 0.260 e. The van der Waals surface area contributed by atoms with Crippen molar-refractivity contribution in [2.45, 2.75) is 31.6 Å². The SMILES string of the molecule is FC1(F)CCCN(CCCCN2CCNCC2)C1. The van der Waals surface area contributed by atoms with Gasteiger partial charge in [-0.15, -0.1) is 0 Å². The second-order valence-electron chi connectivity index (χ2n) is 5.53. The molecular weight excluding hydrogens is 236 g/mol. The number of nitrogens with zero attached hydrogens (tertiary/aromatic N) is 2. The lowest BCUT2D eigenvalue weighted by Crippen LogP contribution is -2.44. The third-order valence-corrected chi connectivity index (χ3v) is 3.88. The molecule has 1 N–H and O–H groups in total. The van der Waals surface area contributed by atoms with E-state index in [1.54, 1.807) is 0 Å². The molecule has 2 rings (SSSR count). The van der Waals surface area contributed by atoms with Crippen LogP contribution in [0.5, 0.6) is 0 Å². The first-order valence-electron chi connectivity index (χ1n) is 7.19. The summed E-state index contributed by atoms with van der Waals surface area (Å²) in [5.74, 6) is -2.45. The van der Waals surface area contributed by atoms with Crippen LogP contribution in [0.3, 0.4) is 0 Å². The predicted molar refractivity (Wildman–Crippen MR) is 69.2 cm³/mol. The number of likely N-dealkylation sites (tertiary alicyclic amines) is 1. The molecule has 0 aromatic rings. The average Bonchev–Trinajstić information content (AvgIpc) is 2.35. The molecule has 2 heterocycles. The van der Waals surface area contributed by atoms with Crippen LogP contribution in [0.2, 0.25) is 0 Å². The van der Waals surface area contributed by atoms with E-state index in [0.29, 0.717) is 6.42 Å². The summed E-state index contributed by atoms with van der Waals surface area (Å²) in [7, 11) is 0. The number of piperazine rings is 1. The Labute approximate surface area is 109 Å². The van der Waals surface area contributed by atoms with E-state index in [9.17, 15) is 8.78 Å². The summed E-state index contributed by atoms with van der Waals surface area (Å²) in [5, 5.41) is 3.33. The molecule has 0 bridgehead atoms. The van der Waals surface area contributed by atoms with Gasteiger partial charge in [-0.2, -0.15) is 0 Å². The number of unbranched alkanes of at least 4 members (excludes halogenated alkanes) is 1. The zero-order valence-corrected chi connectivity index (χ0v) is 11.1. The van der Waals surface area contributed by atoms with Crippen LogP contribution in [-0.2, 0) is 0 Å². The molecule has 0 aromatic carbocycles. The van der Waals surface area contributed by atoms with Crippen molar-refractivity contribution in [3.63, 3.8) is 0 Å². The van der Waals surface area contributed by atoms with Gasteiger partial charge in [-0.3, -0.25) is 4.90 Å². The van der Waals surface area contributed by atoms with Gasteiger partial charge in [-0.05, 0) is 38.9 Å². The quantitative estimate of drug-likeness (QED) is 0.755. The van der Waals surface area contributed by atoms with Crippen molar-refractivity contribution >= 4 is 0 Å². The van der Waals surface area contributed by atoms with Gasteiger partial charge in [0.1, 0.15) is 0 Å². The molecule has 5 heteroatoms. The summed E-state index contributed by atoms with van der Waals surface area (Å²) in [5.41, 5.74) is 0. The molecule has 0 atom stereocenters. The van der Waals surface area contributed by atoms with Crippen molar-refractivity contribution in [1.82, 2.24) is 15.1 Å². The Kier molecular flexibility index (Phi) is 5.33. The Morgan fingerprint density at radius 3 is 2.28 bits per heavy atom. The van der Waals surface area contributed by atoms with Gasteiger partial charge in [0.2, 0.25) is 0 Å². The molecule has 2 fully saturated rings. The Bertz CT molecular complexity index is 242. The molecule has 0 radical (unpaired) electrons. The normalized spacial score (nSPS) is 26.3. The van der Waals surface area contributed by atoms with Crippen LogP contribution in [0.1, 0.15) is 25.7 Å². The number of rotatable bonds is 5. The van der Waals surface area contributed by atoms with Gasteiger partial charge in [0, 0.05) is 32.6 Å². The maximum Gasteiger partial charge on any atom is 0.260 e. The Balaban J connectivity index is 1.54. The van der Waals surface area contributed by atoms with Gasteiger partial charge in [0.15, 0.2) is 0 Å². The number of hydrogen-bond acceptors (Lipinski definition) is 3. The first-order chi connectivity index (χ1) is 8.66. The lowest BCUT2D eigenvalue weighted by Gasteiger charge is -2.32. The monoisotopic (exact) mass is 261 g/mol. The minimum Gasteiger partial charge on any atom is -0.314 e. The van der Waals surface area contributed by atoms with Crippen molar-refractivity contribution in [2.75, 3.05) is 52.4 Å². The second kappa shape index (κ2) is 6.78. The van der Waals surface area contributed by atoms with Crippen LogP contribution in [0.15, 0.2) is 0 Å². The van der Waals surface area contributed by atoms with Crippen molar-refractivity contribution in [3.05, 3.63) is 0 Å². The summed E-state index contributed by atoms with van der Waals surface area (Å²) in [4.78, 5) is 4.39. The third-order valence-electron chi connectivity index (χ3n) is 3.88. The minimum atomic E-state index is -2.45. The first-order valence-corrected chi connectivity index (χ1v) is 7.19. The second-order valence-corrected chi connectivity index (χ2v) is 5.53. The molecule has 0 saturated carbocycles. The fraction of sp³-hybridized carbons (Fsp3) is 1.00. The Morgan fingerprint density at radius 2 is 1.61 bits per heavy atom. The van der Waals surface area contributed by atoms with Gasteiger partial charge in [-0.25, -0.2) is 8.78 Å². The number of piperidine rings is 1. The number of nitrogens with one attached hydrogen (secondary N) is 1. The van der Waals surface area contributed by atoms with Crippen molar-refractivity contribution in [3.8, 4) is 0 Å². The van der Waals surface area contributed by atoms with Crippen molar-refractivity contribution in [1.29, 1.82) is 0 Å². The minimum absolute atomic E-state index is 0.0271. The van der Waals surface area contributed by atoms with Gasteiger partial charge >= 0.3 is 0 Å². The van der Waals surface area contributed by atoms with Crippen LogP contribution in [-0.4, -0.2) is 68.1 Å². The molecule has 0 aromatic heterocycles. The molecule has 0 unspecified atom stereocenters. The van der Waals surface area contributed by atoms with Crippen LogP contribution < -0.4 is 5.32 Å². The molecule has 2 aliphatic rings. The van der Waals surface area contributed by atoms with E-state index >= 15 is 0 Å². The van der Waals surface area contributed by atoms with Gasteiger partial charge < -0.3 is 10.2 Å². The molecule has 0 amide bonds. The Hall–Kier alpha value is -0.260. The zero-order chi connectivity index (χ0) is 12.8. The van der Waals surface area contributed by atoms with Crippen molar-refractivity contribution in [2.24, 2.45) is 0 Å². The van der Waals surface area contributed by atoms with E-state index in [-0.39, 0.29) is 13.0 Å². The maximum atomic E-state index is 13.2. The summed E-state index contributed by atoms with van der Waals surface area (Å²) in [6.07, 6.45) is 2.89. The highest BCUT2D eigenvalue weighted by molar-refractivity contribution is 4.78.